The Hall–Kier alpha value is -2.13. The summed E-state index contributed by atoms with van der Waals surface area (Å²) in [5.74, 6) is 0.881. The number of ether oxygens (including phenoxy) is 1. The van der Waals surface area contributed by atoms with Crippen LogP contribution < -0.4 is 10.5 Å². The van der Waals surface area contributed by atoms with Crippen LogP contribution in [0.3, 0.4) is 0 Å². The number of benzene rings is 2. The maximum Gasteiger partial charge on any atom is 0.234 e. The van der Waals surface area contributed by atoms with Crippen molar-refractivity contribution in [2.24, 2.45) is 5.73 Å². The van der Waals surface area contributed by atoms with Crippen LogP contribution in [-0.4, -0.2) is 19.4 Å². The molecule has 0 saturated heterocycles. The van der Waals surface area contributed by atoms with Gasteiger partial charge < -0.3 is 10.5 Å². The van der Waals surface area contributed by atoms with E-state index < -0.39 is 0 Å². The van der Waals surface area contributed by atoms with Crippen LogP contribution in [-0.2, 0) is 4.79 Å². The van der Waals surface area contributed by atoms with Gasteiger partial charge in [-0.2, -0.15) is 0 Å². The van der Waals surface area contributed by atoms with Crippen molar-refractivity contribution in [3.05, 3.63) is 54.1 Å². The SMILES string of the molecule is NCCCCCCCCCCCOc1ccc(-c2ccccc2[C]=O)cc1. The highest BCUT2D eigenvalue weighted by Gasteiger charge is 2.04. The molecule has 0 aliphatic carbocycles. The molecule has 2 rings (SSSR count). The van der Waals surface area contributed by atoms with Crippen molar-refractivity contribution in [1.82, 2.24) is 0 Å². The number of hydrogen-bond acceptors (Lipinski definition) is 3. The molecule has 0 aliphatic heterocycles. The first-order valence-corrected chi connectivity index (χ1v) is 10.3. The molecule has 0 amide bonds. The third-order valence-corrected chi connectivity index (χ3v) is 4.82. The molecular formula is C24H32NO2. The third kappa shape index (κ3) is 7.96. The number of carbonyl (C=O) groups excluding carboxylic acids is 1. The molecule has 0 heterocycles. The van der Waals surface area contributed by atoms with Crippen LogP contribution in [0.15, 0.2) is 48.5 Å². The molecule has 0 fully saturated rings. The van der Waals surface area contributed by atoms with Gasteiger partial charge in [-0.05, 0) is 42.6 Å². The van der Waals surface area contributed by atoms with Crippen LogP contribution >= 0.6 is 0 Å². The van der Waals surface area contributed by atoms with Gasteiger partial charge in [0, 0.05) is 5.56 Å². The van der Waals surface area contributed by atoms with Crippen LogP contribution in [0.25, 0.3) is 11.1 Å². The third-order valence-electron chi connectivity index (χ3n) is 4.82. The van der Waals surface area contributed by atoms with Gasteiger partial charge in [0.2, 0.25) is 6.29 Å². The number of nitrogens with two attached hydrogens (primary N) is 1. The Morgan fingerprint density at radius 3 is 1.96 bits per heavy atom. The smallest absolute Gasteiger partial charge is 0.234 e. The zero-order valence-electron chi connectivity index (χ0n) is 16.3. The lowest BCUT2D eigenvalue weighted by molar-refractivity contribution is 0.304. The predicted octanol–water partition coefficient (Wildman–Crippen LogP) is 5.66. The lowest BCUT2D eigenvalue weighted by Crippen LogP contribution is -1.98. The fourth-order valence-corrected chi connectivity index (χ4v) is 3.23. The van der Waals surface area contributed by atoms with Crippen molar-refractivity contribution in [2.75, 3.05) is 13.2 Å². The van der Waals surface area contributed by atoms with Crippen molar-refractivity contribution in [1.29, 1.82) is 0 Å². The summed E-state index contributed by atoms with van der Waals surface area (Å²) in [4.78, 5) is 11.0. The van der Waals surface area contributed by atoms with E-state index in [0.29, 0.717) is 5.56 Å². The predicted molar refractivity (Wildman–Crippen MR) is 113 cm³/mol. The van der Waals surface area contributed by atoms with Gasteiger partial charge in [-0.15, -0.1) is 0 Å². The summed E-state index contributed by atoms with van der Waals surface area (Å²) in [6.07, 6.45) is 13.4. The molecule has 2 aromatic carbocycles. The highest BCUT2D eigenvalue weighted by Crippen LogP contribution is 2.25. The summed E-state index contributed by atoms with van der Waals surface area (Å²) >= 11 is 0. The minimum atomic E-state index is 0.588. The molecule has 1 radical (unpaired) electrons. The van der Waals surface area contributed by atoms with Crippen LogP contribution in [0.2, 0.25) is 0 Å². The summed E-state index contributed by atoms with van der Waals surface area (Å²) in [6, 6.07) is 15.4. The van der Waals surface area contributed by atoms with Crippen molar-refractivity contribution in [2.45, 2.75) is 57.8 Å². The summed E-state index contributed by atoms with van der Waals surface area (Å²) in [7, 11) is 0. The molecule has 0 aromatic heterocycles. The minimum Gasteiger partial charge on any atom is -0.494 e. The van der Waals surface area contributed by atoms with Gasteiger partial charge in [0.25, 0.3) is 0 Å². The average Bonchev–Trinajstić information content (AvgIpc) is 2.72. The van der Waals surface area contributed by atoms with Gasteiger partial charge in [0.15, 0.2) is 0 Å². The molecular weight excluding hydrogens is 334 g/mol. The van der Waals surface area contributed by atoms with Crippen LogP contribution in [0.5, 0.6) is 5.75 Å². The highest BCUT2D eigenvalue weighted by atomic mass is 16.5. The first-order chi connectivity index (χ1) is 13.3. The van der Waals surface area contributed by atoms with Crippen molar-refractivity contribution in [3.63, 3.8) is 0 Å². The summed E-state index contributed by atoms with van der Waals surface area (Å²) in [5, 5.41) is 0. The Balaban J connectivity index is 1.60. The Labute approximate surface area is 163 Å². The minimum absolute atomic E-state index is 0.588. The van der Waals surface area contributed by atoms with E-state index in [1.807, 2.05) is 48.8 Å². The monoisotopic (exact) mass is 366 g/mol. The van der Waals surface area contributed by atoms with E-state index in [1.54, 1.807) is 6.07 Å². The van der Waals surface area contributed by atoms with Gasteiger partial charge in [-0.25, -0.2) is 0 Å². The van der Waals surface area contributed by atoms with Crippen LogP contribution in [0.1, 0.15) is 63.4 Å². The van der Waals surface area contributed by atoms with E-state index in [0.717, 1.165) is 36.4 Å². The lowest BCUT2D eigenvalue weighted by atomic mass is 10.0. The zero-order valence-corrected chi connectivity index (χ0v) is 16.3. The second kappa shape index (κ2) is 13.1. The van der Waals surface area contributed by atoms with Gasteiger partial charge in [-0.3, -0.25) is 4.79 Å². The second-order valence-corrected chi connectivity index (χ2v) is 6.99. The van der Waals surface area contributed by atoms with Crippen LogP contribution in [0.4, 0.5) is 0 Å². The molecule has 0 atom stereocenters. The fraction of sp³-hybridized carbons (Fsp3) is 0.458. The molecule has 0 saturated carbocycles. The van der Waals surface area contributed by atoms with Gasteiger partial charge in [0.1, 0.15) is 5.75 Å². The highest BCUT2D eigenvalue weighted by molar-refractivity contribution is 5.87. The molecule has 2 N–H and O–H groups in total. The first kappa shape index (κ1) is 21.2. The number of hydrogen-bond donors (Lipinski definition) is 1. The Bertz CT molecular complexity index is 652. The normalized spacial score (nSPS) is 10.7. The Kier molecular flexibility index (Phi) is 10.3. The topological polar surface area (TPSA) is 52.3 Å². The average molecular weight is 367 g/mol. The molecule has 27 heavy (non-hydrogen) atoms. The van der Waals surface area contributed by atoms with Gasteiger partial charge >= 0.3 is 0 Å². The Morgan fingerprint density at radius 1 is 0.741 bits per heavy atom. The molecule has 0 aliphatic rings. The fourth-order valence-electron chi connectivity index (χ4n) is 3.23. The lowest BCUT2D eigenvalue weighted by Gasteiger charge is -2.08. The van der Waals surface area contributed by atoms with Crippen molar-refractivity contribution >= 4 is 6.29 Å². The van der Waals surface area contributed by atoms with E-state index in [1.165, 1.54) is 51.4 Å². The molecule has 2 aromatic rings. The van der Waals surface area contributed by atoms with E-state index >= 15 is 0 Å². The zero-order chi connectivity index (χ0) is 19.2. The number of unbranched alkanes of at least 4 members (excludes halogenated alkanes) is 8. The van der Waals surface area contributed by atoms with E-state index in [2.05, 4.69) is 0 Å². The molecule has 0 bridgehead atoms. The Morgan fingerprint density at radius 2 is 1.33 bits per heavy atom. The van der Waals surface area contributed by atoms with Crippen LogP contribution in [0, 0.1) is 0 Å². The largest absolute Gasteiger partial charge is 0.494 e. The van der Waals surface area contributed by atoms with E-state index in [9.17, 15) is 4.79 Å². The second-order valence-electron chi connectivity index (χ2n) is 6.99. The molecule has 145 valence electrons. The molecule has 0 spiro atoms. The molecule has 3 nitrogen and oxygen atoms in total. The van der Waals surface area contributed by atoms with E-state index in [-0.39, 0.29) is 0 Å². The van der Waals surface area contributed by atoms with Crippen molar-refractivity contribution < 1.29 is 9.53 Å². The summed E-state index contributed by atoms with van der Waals surface area (Å²) in [5.41, 5.74) is 8.00. The molecule has 3 heteroatoms. The summed E-state index contributed by atoms with van der Waals surface area (Å²) in [6.45, 7) is 1.59. The summed E-state index contributed by atoms with van der Waals surface area (Å²) < 4.78 is 5.84. The maximum absolute atomic E-state index is 11.0. The maximum atomic E-state index is 11.0. The van der Waals surface area contributed by atoms with Crippen molar-refractivity contribution in [3.8, 4) is 16.9 Å². The quantitative estimate of drug-likeness (QED) is 0.439. The number of rotatable bonds is 14. The standard InChI is InChI=1S/C24H32NO2/c25-18-10-6-4-2-1-3-5-7-11-19-27-23-16-14-21(15-17-23)24-13-9-8-12-22(24)20-26/h8-9,12-17H,1-7,10-11,18-19,25H2. The first-order valence-electron chi connectivity index (χ1n) is 10.3. The van der Waals surface area contributed by atoms with Gasteiger partial charge in [-0.1, -0.05) is 81.3 Å². The van der Waals surface area contributed by atoms with E-state index in [4.69, 9.17) is 10.5 Å². The van der Waals surface area contributed by atoms with Gasteiger partial charge in [0.05, 0.1) is 6.61 Å². The molecule has 0 unspecified atom stereocenters.